The number of nitrogens with one attached hydrogen (secondary N) is 1. The van der Waals surface area contributed by atoms with Crippen LogP contribution in [0, 0.1) is 0 Å². The van der Waals surface area contributed by atoms with Gasteiger partial charge >= 0.3 is 0 Å². The lowest BCUT2D eigenvalue weighted by Crippen LogP contribution is -2.14. The maximum absolute atomic E-state index is 12.2. The molecule has 0 aliphatic heterocycles. The Hall–Kier alpha value is -3.35. The molecule has 0 saturated carbocycles. The van der Waals surface area contributed by atoms with Gasteiger partial charge in [-0.2, -0.15) is 0 Å². The molecule has 0 saturated heterocycles. The minimum Gasteiger partial charge on any atom is -0.497 e. The van der Waals surface area contributed by atoms with Crippen molar-refractivity contribution >= 4 is 11.8 Å². The molecule has 0 spiro atoms. The van der Waals surface area contributed by atoms with E-state index in [1.165, 1.54) is 0 Å². The molecule has 0 radical (unpaired) electrons. The molecule has 2 heterocycles. The van der Waals surface area contributed by atoms with Crippen LogP contribution in [0.2, 0.25) is 0 Å². The van der Waals surface area contributed by atoms with Crippen LogP contribution in [0.4, 0.5) is 5.88 Å². The van der Waals surface area contributed by atoms with E-state index in [0.717, 1.165) is 11.1 Å². The Kier molecular flexibility index (Phi) is 4.94. The average molecular weight is 339 g/mol. The van der Waals surface area contributed by atoms with E-state index >= 15 is 0 Å². The summed E-state index contributed by atoms with van der Waals surface area (Å²) in [6, 6.07) is 10.6. The van der Waals surface area contributed by atoms with E-state index in [2.05, 4.69) is 15.5 Å². The normalized spacial score (nSPS) is 10.3. The Morgan fingerprint density at radius 2 is 1.92 bits per heavy atom. The smallest absolute Gasteiger partial charge is 0.231 e. The highest BCUT2D eigenvalue weighted by Gasteiger charge is 2.12. The molecule has 128 valence electrons. The number of rotatable bonds is 6. The van der Waals surface area contributed by atoms with Gasteiger partial charge in [-0.3, -0.25) is 15.1 Å². The van der Waals surface area contributed by atoms with E-state index in [-0.39, 0.29) is 18.2 Å². The molecule has 0 fully saturated rings. The number of hydrogen-bond donors (Lipinski definition) is 1. The molecule has 1 amide bonds. The van der Waals surface area contributed by atoms with Crippen molar-refractivity contribution in [3.8, 4) is 22.8 Å². The third-order valence-electron chi connectivity index (χ3n) is 3.51. The van der Waals surface area contributed by atoms with Crippen molar-refractivity contribution < 1.29 is 18.8 Å². The number of amides is 1. The van der Waals surface area contributed by atoms with Gasteiger partial charge < -0.3 is 14.0 Å². The van der Waals surface area contributed by atoms with Crippen LogP contribution in [0.15, 0.2) is 53.3 Å². The molecule has 3 aromatic rings. The molecule has 7 heteroatoms. The monoisotopic (exact) mass is 339 g/mol. The largest absolute Gasteiger partial charge is 0.497 e. The van der Waals surface area contributed by atoms with E-state index in [0.29, 0.717) is 17.2 Å². The van der Waals surface area contributed by atoms with Crippen LogP contribution in [-0.2, 0) is 11.2 Å². The molecule has 0 unspecified atom stereocenters. The molecule has 1 aromatic carbocycles. The van der Waals surface area contributed by atoms with Gasteiger partial charge in [-0.15, -0.1) is 0 Å². The second-order valence-corrected chi connectivity index (χ2v) is 5.26. The summed E-state index contributed by atoms with van der Waals surface area (Å²) in [6.45, 7) is 0. The van der Waals surface area contributed by atoms with Crippen LogP contribution in [-0.4, -0.2) is 30.3 Å². The lowest BCUT2D eigenvalue weighted by Gasteiger charge is -2.08. The number of carbonyl (C=O) groups is 1. The standard InChI is InChI=1S/C18H17N3O4/c1-23-14-6-12(7-15(9-14)24-2)8-17(22)20-18-10-16(21-25-18)13-4-3-5-19-11-13/h3-7,9-11H,8H2,1-2H3,(H,20,22). The first-order chi connectivity index (χ1) is 12.2. The highest BCUT2D eigenvalue weighted by atomic mass is 16.5. The van der Waals surface area contributed by atoms with Crippen LogP contribution in [0.5, 0.6) is 11.5 Å². The number of benzene rings is 1. The molecule has 0 bridgehead atoms. The van der Waals surface area contributed by atoms with Gasteiger partial charge in [0.2, 0.25) is 11.8 Å². The van der Waals surface area contributed by atoms with E-state index in [4.69, 9.17) is 14.0 Å². The maximum atomic E-state index is 12.2. The van der Waals surface area contributed by atoms with Gasteiger partial charge in [0, 0.05) is 30.1 Å². The zero-order valence-electron chi connectivity index (χ0n) is 13.9. The highest BCUT2D eigenvalue weighted by molar-refractivity contribution is 5.91. The lowest BCUT2D eigenvalue weighted by molar-refractivity contribution is -0.115. The van der Waals surface area contributed by atoms with E-state index < -0.39 is 0 Å². The van der Waals surface area contributed by atoms with Crippen LogP contribution in [0.1, 0.15) is 5.56 Å². The summed E-state index contributed by atoms with van der Waals surface area (Å²) in [6.07, 6.45) is 3.50. The summed E-state index contributed by atoms with van der Waals surface area (Å²) >= 11 is 0. The summed E-state index contributed by atoms with van der Waals surface area (Å²) in [5, 5.41) is 6.62. The second kappa shape index (κ2) is 7.48. The number of ether oxygens (including phenoxy) is 2. The first-order valence-electron chi connectivity index (χ1n) is 7.57. The number of pyridine rings is 1. The van der Waals surface area contributed by atoms with Crippen molar-refractivity contribution in [1.82, 2.24) is 10.1 Å². The predicted octanol–water partition coefficient (Wildman–Crippen LogP) is 2.94. The first-order valence-corrected chi connectivity index (χ1v) is 7.57. The van der Waals surface area contributed by atoms with Crippen molar-refractivity contribution in [3.05, 3.63) is 54.4 Å². The van der Waals surface area contributed by atoms with Crippen LogP contribution >= 0.6 is 0 Å². The Morgan fingerprint density at radius 1 is 1.16 bits per heavy atom. The second-order valence-electron chi connectivity index (χ2n) is 5.26. The minimum absolute atomic E-state index is 0.149. The van der Waals surface area contributed by atoms with Gasteiger partial charge in [-0.1, -0.05) is 5.16 Å². The number of methoxy groups -OCH3 is 2. The molecular formula is C18H17N3O4. The van der Waals surface area contributed by atoms with Gasteiger partial charge in [-0.05, 0) is 29.8 Å². The predicted molar refractivity (Wildman–Crippen MR) is 91.6 cm³/mol. The van der Waals surface area contributed by atoms with Gasteiger partial charge in [0.05, 0.1) is 20.6 Å². The van der Waals surface area contributed by atoms with Crippen molar-refractivity contribution in [2.75, 3.05) is 19.5 Å². The highest BCUT2D eigenvalue weighted by Crippen LogP contribution is 2.24. The fraction of sp³-hybridized carbons (Fsp3) is 0.167. The zero-order valence-corrected chi connectivity index (χ0v) is 13.9. The maximum Gasteiger partial charge on any atom is 0.231 e. The Morgan fingerprint density at radius 3 is 2.56 bits per heavy atom. The quantitative estimate of drug-likeness (QED) is 0.743. The Labute approximate surface area is 144 Å². The number of anilines is 1. The molecule has 3 rings (SSSR count). The average Bonchev–Trinajstić information content (AvgIpc) is 3.10. The number of aromatic nitrogens is 2. The third-order valence-corrected chi connectivity index (χ3v) is 3.51. The van der Waals surface area contributed by atoms with Crippen molar-refractivity contribution in [3.63, 3.8) is 0 Å². The molecule has 2 aromatic heterocycles. The van der Waals surface area contributed by atoms with Gasteiger partial charge in [0.15, 0.2) is 0 Å². The molecule has 0 aliphatic carbocycles. The fourth-order valence-corrected chi connectivity index (χ4v) is 2.32. The Bertz CT molecular complexity index is 840. The van der Waals surface area contributed by atoms with Gasteiger partial charge in [0.1, 0.15) is 17.2 Å². The molecule has 1 N–H and O–H groups in total. The summed E-state index contributed by atoms with van der Waals surface area (Å²) in [5.41, 5.74) is 2.18. The van der Waals surface area contributed by atoms with Crippen molar-refractivity contribution in [2.45, 2.75) is 6.42 Å². The summed E-state index contributed by atoms with van der Waals surface area (Å²) < 4.78 is 15.6. The summed E-state index contributed by atoms with van der Waals surface area (Å²) in [4.78, 5) is 16.3. The topological polar surface area (TPSA) is 86.5 Å². The van der Waals surface area contributed by atoms with Crippen LogP contribution in [0.3, 0.4) is 0 Å². The van der Waals surface area contributed by atoms with Crippen molar-refractivity contribution in [1.29, 1.82) is 0 Å². The molecule has 7 nitrogen and oxygen atoms in total. The van der Waals surface area contributed by atoms with Gasteiger partial charge in [0.25, 0.3) is 0 Å². The number of carbonyl (C=O) groups excluding carboxylic acids is 1. The van der Waals surface area contributed by atoms with Crippen molar-refractivity contribution in [2.24, 2.45) is 0 Å². The summed E-state index contributed by atoms with van der Waals surface area (Å²) in [7, 11) is 3.13. The molecule has 25 heavy (non-hydrogen) atoms. The molecule has 0 atom stereocenters. The molecule has 0 aliphatic rings. The third kappa shape index (κ3) is 4.14. The first kappa shape index (κ1) is 16.5. The number of hydrogen-bond acceptors (Lipinski definition) is 6. The zero-order chi connectivity index (χ0) is 17.6. The van der Waals surface area contributed by atoms with E-state index in [1.54, 1.807) is 56.9 Å². The minimum atomic E-state index is -0.232. The lowest BCUT2D eigenvalue weighted by atomic mass is 10.1. The molecular weight excluding hydrogens is 322 g/mol. The fourth-order valence-electron chi connectivity index (χ4n) is 2.32. The van der Waals surface area contributed by atoms with Crippen LogP contribution < -0.4 is 14.8 Å². The number of nitrogens with zero attached hydrogens (tertiary/aromatic N) is 2. The van der Waals surface area contributed by atoms with E-state index in [9.17, 15) is 4.79 Å². The van der Waals surface area contributed by atoms with Gasteiger partial charge in [-0.25, -0.2) is 0 Å². The SMILES string of the molecule is COc1cc(CC(=O)Nc2cc(-c3cccnc3)no2)cc(OC)c1. The van der Waals surface area contributed by atoms with Crippen LogP contribution in [0.25, 0.3) is 11.3 Å². The Balaban J connectivity index is 1.68. The summed E-state index contributed by atoms with van der Waals surface area (Å²) in [5.74, 6) is 1.30. The van der Waals surface area contributed by atoms with E-state index in [1.807, 2.05) is 6.07 Å².